The van der Waals surface area contributed by atoms with Crippen LogP contribution in [0.3, 0.4) is 0 Å². The first-order valence-electron chi connectivity index (χ1n) is 8.03. The van der Waals surface area contributed by atoms with E-state index in [9.17, 15) is 10.1 Å². The molecule has 4 nitrogen and oxygen atoms in total. The Bertz CT molecular complexity index is 797. The van der Waals surface area contributed by atoms with Crippen molar-refractivity contribution >= 4 is 28.6 Å². The number of thioether (sulfide) groups is 1. The number of hydrogen-bond acceptors (Lipinski definition) is 4. The number of nitrogens with one attached hydrogen (secondary N) is 1. The molecule has 126 valence electrons. The molecule has 1 N–H and O–H groups in total. The van der Waals surface area contributed by atoms with Gasteiger partial charge in [-0.2, -0.15) is 5.26 Å². The highest BCUT2D eigenvalue weighted by Crippen LogP contribution is 2.27. The molecule has 5 heteroatoms. The van der Waals surface area contributed by atoms with Crippen LogP contribution in [0.4, 0.5) is 0 Å². The van der Waals surface area contributed by atoms with Crippen LogP contribution in [0, 0.1) is 24.2 Å². The summed E-state index contributed by atoms with van der Waals surface area (Å²) in [5, 5.41) is 13.8. The average molecular weight is 341 g/mol. The van der Waals surface area contributed by atoms with Gasteiger partial charge < -0.3 is 5.32 Å². The molecule has 1 amide bonds. The number of benzene rings is 1. The zero-order chi connectivity index (χ0) is 17.9. The number of rotatable bonds is 5. The normalized spacial score (nSPS) is 14.9. The van der Waals surface area contributed by atoms with Crippen LogP contribution in [-0.4, -0.2) is 21.7 Å². The van der Waals surface area contributed by atoms with Crippen molar-refractivity contribution in [2.24, 2.45) is 5.92 Å². The molecule has 0 aliphatic carbocycles. The van der Waals surface area contributed by atoms with E-state index in [0.717, 1.165) is 21.5 Å². The summed E-state index contributed by atoms with van der Waals surface area (Å²) in [6, 6.07) is 12.2. The fraction of sp³-hybridized carbons (Fsp3) is 0.421. The monoisotopic (exact) mass is 341 g/mol. The first-order valence-corrected chi connectivity index (χ1v) is 8.91. The quantitative estimate of drug-likeness (QED) is 0.832. The smallest absolute Gasteiger partial charge is 0.234 e. The minimum absolute atomic E-state index is 0.0321. The van der Waals surface area contributed by atoms with Gasteiger partial charge in [0.05, 0.1) is 21.9 Å². The number of carbonyl (C=O) groups excluding carboxylic acids is 1. The van der Waals surface area contributed by atoms with Crippen LogP contribution >= 0.6 is 11.8 Å². The zero-order valence-electron chi connectivity index (χ0n) is 14.8. The van der Waals surface area contributed by atoms with E-state index in [1.54, 1.807) is 6.92 Å². The van der Waals surface area contributed by atoms with Crippen molar-refractivity contribution in [2.75, 3.05) is 0 Å². The standard InChI is InChI=1S/C19H23N3OS/c1-12(2)19(5,11-20)22-18(23)14(4)24-17-10-13(3)15-8-6-7-9-16(15)21-17/h6-10,12,14H,1-5H3,(H,22,23)/t14-,19+/m0/s1. The second-order valence-electron chi connectivity index (χ2n) is 6.51. The number of para-hydroxylation sites is 1. The van der Waals surface area contributed by atoms with E-state index in [-0.39, 0.29) is 17.1 Å². The topological polar surface area (TPSA) is 65.8 Å². The van der Waals surface area contributed by atoms with Gasteiger partial charge in [-0.3, -0.25) is 4.79 Å². The largest absolute Gasteiger partial charge is 0.337 e. The molecule has 0 fully saturated rings. The predicted molar refractivity (Wildman–Crippen MR) is 98.8 cm³/mol. The number of fused-ring (bicyclic) bond motifs is 1. The number of carbonyl (C=O) groups is 1. The van der Waals surface area contributed by atoms with Crippen molar-refractivity contribution in [1.29, 1.82) is 5.26 Å². The molecule has 0 spiro atoms. The van der Waals surface area contributed by atoms with Gasteiger partial charge in [0.15, 0.2) is 0 Å². The van der Waals surface area contributed by atoms with Crippen LogP contribution in [-0.2, 0) is 4.79 Å². The molecular formula is C19H23N3OS. The van der Waals surface area contributed by atoms with Gasteiger partial charge in [-0.1, -0.05) is 43.8 Å². The highest BCUT2D eigenvalue weighted by molar-refractivity contribution is 8.00. The molecule has 1 heterocycles. The maximum Gasteiger partial charge on any atom is 0.234 e. The van der Waals surface area contributed by atoms with Gasteiger partial charge in [-0.15, -0.1) is 0 Å². The third kappa shape index (κ3) is 3.88. The summed E-state index contributed by atoms with van der Waals surface area (Å²) in [7, 11) is 0. The summed E-state index contributed by atoms with van der Waals surface area (Å²) in [6.07, 6.45) is 0. The number of nitrogens with zero attached hydrogens (tertiary/aromatic N) is 2. The number of aromatic nitrogens is 1. The molecule has 0 saturated heterocycles. The molecule has 0 unspecified atom stereocenters. The second-order valence-corrected chi connectivity index (χ2v) is 7.87. The van der Waals surface area contributed by atoms with E-state index < -0.39 is 5.54 Å². The average Bonchev–Trinajstić information content (AvgIpc) is 2.54. The SMILES string of the molecule is Cc1cc(S[C@@H](C)C(=O)N[C@](C)(C#N)C(C)C)nc2ccccc12. The van der Waals surface area contributed by atoms with Crippen molar-refractivity contribution in [3.8, 4) is 6.07 Å². The second kappa shape index (κ2) is 7.23. The van der Waals surface area contributed by atoms with Crippen LogP contribution in [0.25, 0.3) is 10.9 Å². The van der Waals surface area contributed by atoms with Gasteiger partial charge in [0.25, 0.3) is 0 Å². The van der Waals surface area contributed by atoms with E-state index in [1.165, 1.54) is 11.8 Å². The van der Waals surface area contributed by atoms with Crippen molar-refractivity contribution in [3.63, 3.8) is 0 Å². The number of aryl methyl sites for hydroxylation is 1. The highest BCUT2D eigenvalue weighted by Gasteiger charge is 2.31. The maximum absolute atomic E-state index is 12.5. The Kier molecular flexibility index (Phi) is 5.51. The minimum atomic E-state index is -0.862. The molecule has 2 aromatic rings. The van der Waals surface area contributed by atoms with Gasteiger partial charge in [0.2, 0.25) is 5.91 Å². The first-order chi connectivity index (χ1) is 11.3. The lowest BCUT2D eigenvalue weighted by Gasteiger charge is -2.28. The van der Waals surface area contributed by atoms with Gasteiger partial charge in [0.1, 0.15) is 5.54 Å². The maximum atomic E-state index is 12.5. The fourth-order valence-corrected chi connectivity index (χ4v) is 3.20. The Morgan fingerprint density at radius 3 is 2.62 bits per heavy atom. The van der Waals surface area contributed by atoms with Crippen LogP contribution < -0.4 is 5.32 Å². The molecule has 0 aliphatic rings. The lowest BCUT2D eigenvalue weighted by Crippen LogP contribution is -2.51. The van der Waals surface area contributed by atoms with Gasteiger partial charge in [-0.05, 0) is 44.4 Å². The Morgan fingerprint density at radius 2 is 2.00 bits per heavy atom. The van der Waals surface area contributed by atoms with E-state index in [4.69, 9.17) is 0 Å². The van der Waals surface area contributed by atoms with Crippen LogP contribution in [0.2, 0.25) is 0 Å². The lowest BCUT2D eigenvalue weighted by atomic mass is 9.90. The van der Waals surface area contributed by atoms with E-state index in [2.05, 4.69) is 16.4 Å². The van der Waals surface area contributed by atoms with E-state index >= 15 is 0 Å². The number of amides is 1. The third-order valence-electron chi connectivity index (χ3n) is 4.34. The number of pyridine rings is 1. The van der Waals surface area contributed by atoms with Crippen molar-refractivity contribution in [2.45, 2.75) is 50.4 Å². The lowest BCUT2D eigenvalue weighted by molar-refractivity contribution is -0.121. The Hall–Kier alpha value is -2.06. The molecule has 0 radical (unpaired) electrons. The summed E-state index contributed by atoms with van der Waals surface area (Å²) < 4.78 is 0. The molecule has 2 rings (SSSR count). The van der Waals surface area contributed by atoms with E-state index in [0.29, 0.717) is 0 Å². The highest BCUT2D eigenvalue weighted by atomic mass is 32.2. The molecule has 1 aromatic heterocycles. The molecule has 1 aromatic carbocycles. The fourth-order valence-electron chi connectivity index (χ4n) is 2.27. The van der Waals surface area contributed by atoms with Crippen molar-refractivity contribution < 1.29 is 4.79 Å². The summed E-state index contributed by atoms with van der Waals surface area (Å²) >= 11 is 1.41. The number of nitriles is 1. The Balaban J connectivity index is 2.16. The summed E-state index contributed by atoms with van der Waals surface area (Å²) in [6.45, 7) is 9.49. The van der Waals surface area contributed by atoms with Gasteiger partial charge >= 0.3 is 0 Å². The Morgan fingerprint density at radius 1 is 1.33 bits per heavy atom. The van der Waals surface area contributed by atoms with E-state index in [1.807, 2.05) is 58.0 Å². The Labute approximate surface area is 147 Å². The van der Waals surface area contributed by atoms with Gasteiger partial charge in [0, 0.05) is 5.39 Å². The molecule has 24 heavy (non-hydrogen) atoms. The minimum Gasteiger partial charge on any atom is -0.337 e. The number of hydrogen-bond donors (Lipinski definition) is 1. The van der Waals surface area contributed by atoms with Crippen molar-refractivity contribution in [3.05, 3.63) is 35.9 Å². The third-order valence-corrected chi connectivity index (χ3v) is 5.35. The summed E-state index contributed by atoms with van der Waals surface area (Å²) in [5.41, 5.74) is 1.20. The molecule has 0 bridgehead atoms. The zero-order valence-corrected chi connectivity index (χ0v) is 15.6. The summed E-state index contributed by atoms with van der Waals surface area (Å²) in [5.74, 6) is -0.116. The molecule has 2 atom stereocenters. The molecule has 0 aliphatic heterocycles. The first kappa shape index (κ1) is 18.3. The molecule has 0 saturated carbocycles. The van der Waals surface area contributed by atoms with Crippen LogP contribution in [0.15, 0.2) is 35.4 Å². The predicted octanol–water partition coefficient (Wildman–Crippen LogP) is 4.08. The van der Waals surface area contributed by atoms with Gasteiger partial charge in [-0.25, -0.2) is 4.98 Å². The van der Waals surface area contributed by atoms with Crippen LogP contribution in [0.1, 0.15) is 33.3 Å². The molecular weight excluding hydrogens is 318 g/mol. The summed E-state index contributed by atoms with van der Waals surface area (Å²) in [4.78, 5) is 17.1. The van der Waals surface area contributed by atoms with Crippen LogP contribution in [0.5, 0.6) is 0 Å². The van der Waals surface area contributed by atoms with Crippen molar-refractivity contribution in [1.82, 2.24) is 10.3 Å².